The van der Waals surface area contributed by atoms with Crippen molar-refractivity contribution in [3.63, 3.8) is 0 Å². The van der Waals surface area contributed by atoms with Gasteiger partial charge in [0, 0.05) is 10.9 Å². The topological polar surface area (TPSA) is 74.1 Å². The van der Waals surface area contributed by atoms with Gasteiger partial charge in [0.15, 0.2) is 19.5 Å². The fraction of sp³-hybridized carbons (Fsp3) is 0.375. The van der Waals surface area contributed by atoms with Gasteiger partial charge in [-0.2, -0.15) is 0 Å². The van der Waals surface area contributed by atoms with Crippen LogP contribution in [-0.2, 0) is 4.74 Å². The van der Waals surface area contributed by atoms with Gasteiger partial charge in [0.25, 0.3) is 5.56 Å². The maximum atomic E-state index is 13.0. The summed E-state index contributed by atoms with van der Waals surface area (Å²) in [4.78, 5) is 35.7. The van der Waals surface area contributed by atoms with Gasteiger partial charge in [0.1, 0.15) is 4.83 Å². The second-order valence-electron chi connectivity index (χ2n) is 5.82. The molecule has 10 heteroatoms. The molecule has 138 valence electrons. The number of thiophene rings is 1. The molecule has 0 amide bonds. The Morgan fingerprint density at radius 2 is 1.96 bits per heavy atom. The number of esters is 1. The van der Waals surface area contributed by atoms with E-state index in [0.717, 1.165) is 21.8 Å². The zero-order valence-corrected chi connectivity index (χ0v) is 18.0. The van der Waals surface area contributed by atoms with Gasteiger partial charge in [0.2, 0.25) is 0 Å². The minimum absolute atomic E-state index is 0.0646. The fourth-order valence-electron chi connectivity index (χ4n) is 2.44. The van der Waals surface area contributed by atoms with E-state index in [0.29, 0.717) is 19.7 Å². The van der Waals surface area contributed by atoms with Crippen LogP contribution in [-0.4, -0.2) is 27.6 Å². The molecule has 3 aromatic rings. The predicted octanol–water partition coefficient (Wildman–Crippen LogP) is 4.70. The van der Waals surface area contributed by atoms with Crippen molar-refractivity contribution in [3.05, 3.63) is 30.8 Å². The SMILES string of the molecule is COC(=O)c1sc(Sc2nc3sc(C)c(C)c3c(=O)n2C(C)C)nc1Cl. The predicted molar refractivity (Wildman–Crippen MR) is 106 cm³/mol. The summed E-state index contributed by atoms with van der Waals surface area (Å²) in [5, 5.41) is 1.28. The molecule has 0 bridgehead atoms. The molecule has 0 N–H and O–H groups in total. The Morgan fingerprint density at radius 1 is 1.27 bits per heavy atom. The smallest absolute Gasteiger partial charge is 0.351 e. The molecule has 0 aliphatic carbocycles. The first-order valence-corrected chi connectivity index (χ1v) is 10.5. The van der Waals surface area contributed by atoms with E-state index < -0.39 is 5.97 Å². The van der Waals surface area contributed by atoms with E-state index in [1.807, 2.05) is 27.7 Å². The van der Waals surface area contributed by atoms with Crippen LogP contribution in [0.4, 0.5) is 0 Å². The number of carbonyl (C=O) groups excluding carboxylic acids is 1. The molecule has 0 aliphatic rings. The molecule has 0 saturated heterocycles. The molecule has 0 aliphatic heterocycles. The van der Waals surface area contributed by atoms with E-state index in [1.165, 1.54) is 30.2 Å². The lowest BCUT2D eigenvalue weighted by Crippen LogP contribution is -2.24. The lowest BCUT2D eigenvalue weighted by atomic mass is 10.2. The molecule has 3 aromatic heterocycles. The van der Waals surface area contributed by atoms with Crippen molar-refractivity contribution in [3.8, 4) is 0 Å². The van der Waals surface area contributed by atoms with Crippen LogP contribution in [0, 0.1) is 13.8 Å². The largest absolute Gasteiger partial charge is 0.465 e. The van der Waals surface area contributed by atoms with Gasteiger partial charge in [-0.15, -0.1) is 11.3 Å². The lowest BCUT2D eigenvalue weighted by molar-refractivity contribution is 0.0606. The first-order chi connectivity index (χ1) is 12.2. The Kier molecular flexibility index (Phi) is 5.43. The van der Waals surface area contributed by atoms with Crippen molar-refractivity contribution in [2.45, 2.75) is 43.2 Å². The van der Waals surface area contributed by atoms with E-state index >= 15 is 0 Å². The number of aromatic nitrogens is 3. The van der Waals surface area contributed by atoms with Crippen molar-refractivity contribution >= 4 is 62.2 Å². The van der Waals surface area contributed by atoms with Crippen LogP contribution in [0.2, 0.25) is 5.15 Å². The second-order valence-corrected chi connectivity index (χ2v) is 9.59. The number of carbonyl (C=O) groups is 1. The Morgan fingerprint density at radius 3 is 2.58 bits per heavy atom. The number of fused-ring (bicyclic) bond motifs is 1. The first kappa shape index (κ1) is 19.3. The average molecular weight is 430 g/mol. The van der Waals surface area contributed by atoms with Crippen molar-refractivity contribution in [1.29, 1.82) is 0 Å². The molecule has 0 unspecified atom stereocenters. The van der Waals surface area contributed by atoms with Gasteiger partial charge in [-0.3, -0.25) is 9.36 Å². The minimum atomic E-state index is -0.534. The summed E-state index contributed by atoms with van der Waals surface area (Å²) in [6.45, 7) is 7.79. The van der Waals surface area contributed by atoms with E-state index in [9.17, 15) is 9.59 Å². The first-order valence-electron chi connectivity index (χ1n) is 7.69. The Hall–Kier alpha value is -1.42. The maximum Gasteiger partial charge on any atom is 0.351 e. The van der Waals surface area contributed by atoms with E-state index in [1.54, 1.807) is 4.57 Å². The van der Waals surface area contributed by atoms with Crippen LogP contribution in [0.15, 0.2) is 14.3 Å². The Labute approximate surface area is 167 Å². The highest BCUT2D eigenvalue weighted by Gasteiger charge is 2.22. The summed E-state index contributed by atoms with van der Waals surface area (Å²) in [5.41, 5.74) is 0.906. The summed E-state index contributed by atoms with van der Waals surface area (Å²) in [7, 11) is 1.29. The molecule has 0 fully saturated rings. The monoisotopic (exact) mass is 429 g/mol. The van der Waals surface area contributed by atoms with Gasteiger partial charge < -0.3 is 4.74 Å². The molecule has 3 rings (SSSR count). The summed E-state index contributed by atoms with van der Waals surface area (Å²) >= 11 is 9.88. The number of halogens is 1. The third-order valence-electron chi connectivity index (χ3n) is 3.83. The van der Waals surface area contributed by atoms with E-state index in [2.05, 4.69) is 9.97 Å². The average Bonchev–Trinajstić information content (AvgIpc) is 3.06. The molecule has 0 aromatic carbocycles. The van der Waals surface area contributed by atoms with Crippen molar-refractivity contribution in [2.24, 2.45) is 0 Å². The van der Waals surface area contributed by atoms with Gasteiger partial charge in [0.05, 0.1) is 12.5 Å². The van der Waals surface area contributed by atoms with Gasteiger partial charge in [-0.25, -0.2) is 14.8 Å². The molecular formula is C16H16ClN3O3S3. The standard InChI is InChI=1S/C16H16ClN3O3S3/c1-6(2)20-13(21)9-7(3)8(4)24-12(9)19-15(20)26-16-18-11(17)10(25-16)14(22)23-5/h6H,1-5H3. The molecule has 3 heterocycles. The van der Waals surface area contributed by atoms with Crippen molar-refractivity contribution in [2.75, 3.05) is 7.11 Å². The third-order valence-corrected chi connectivity index (χ3v) is 7.39. The summed E-state index contributed by atoms with van der Waals surface area (Å²) in [5.74, 6) is -0.534. The molecule has 0 spiro atoms. The number of rotatable bonds is 4. The number of aryl methyl sites for hydroxylation is 2. The normalized spacial score (nSPS) is 11.5. The number of hydrogen-bond acceptors (Lipinski definition) is 8. The zero-order valence-electron chi connectivity index (χ0n) is 14.7. The zero-order chi connectivity index (χ0) is 19.2. The third kappa shape index (κ3) is 3.28. The van der Waals surface area contributed by atoms with Crippen LogP contribution in [0.25, 0.3) is 10.2 Å². The molecule has 26 heavy (non-hydrogen) atoms. The molecule has 0 atom stereocenters. The Balaban J connectivity index is 2.15. The van der Waals surface area contributed by atoms with E-state index in [4.69, 9.17) is 16.3 Å². The molecular weight excluding hydrogens is 414 g/mol. The second kappa shape index (κ2) is 7.30. The number of thiazole rings is 1. The number of methoxy groups -OCH3 is 1. The van der Waals surface area contributed by atoms with Gasteiger partial charge >= 0.3 is 5.97 Å². The lowest BCUT2D eigenvalue weighted by Gasteiger charge is -2.14. The fourth-order valence-corrected chi connectivity index (χ4v) is 5.96. The summed E-state index contributed by atoms with van der Waals surface area (Å²) in [6.07, 6.45) is 0. The maximum absolute atomic E-state index is 13.0. The van der Waals surface area contributed by atoms with E-state index in [-0.39, 0.29) is 21.6 Å². The number of ether oxygens (including phenoxy) is 1. The summed E-state index contributed by atoms with van der Waals surface area (Å²) in [6, 6.07) is -0.0722. The highest BCUT2D eigenvalue weighted by atomic mass is 35.5. The highest BCUT2D eigenvalue weighted by Crippen LogP contribution is 2.36. The molecule has 6 nitrogen and oxygen atoms in total. The number of hydrogen-bond donors (Lipinski definition) is 0. The molecule has 0 radical (unpaired) electrons. The van der Waals surface area contributed by atoms with Crippen LogP contribution in [0.5, 0.6) is 0 Å². The van der Waals surface area contributed by atoms with Crippen molar-refractivity contribution in [1.82, 2.24) is 14.5 Å². The van der Waals surface area contributed by atoms with Crippen molar-refractivity contribution < 1.29 is 9.53 Å². The Bertz CT molecular complexity index is 1070. The molecule has 0 saturated carbocycles. The van der Waals surface area contributed by atoms with Crippen LogP contribution >= 0.6 is 46.0 Å². The van der Waals surface area contributed by atoms with Gasteiger partial charge in [-0.1, -0.05) is 22.9 Å². The van der Waals surface area contributed by atoms with Gasteiger partial charge in [-0.05, 0) is 45.0 Å². The van der Waals surface area contributed by atoms with Crippen LogP contribution in [0.3, 0.4) is 0 Å². The van der Waals surface area contributed by atoms with Crippen LogP contribution < -0.4 is 5.56 Å². The summed E-state index contributed by atoms with van der Waals surface area (Å²) < 4.78 is 6.88. The van der Waals surface area contributed by atoms with Crippen LogP contribution in [0.1, 0.15) is 40.0 Å². The minimum Gasteiger partial charge on any atom is -0.465 e. The number of nitrogens with zero attached hydrogens (tertiary/aromatic N) is 3. The quantitative estimate of drug-likeness (QED) is 0.442. The highest BCUT2D eigenvalue weighted by molar-refractivity contribution is 8.00.